The van der Waals surface area contributed by atoms with Crippen molar-refractivity contribution in [3.63, 3.8) is 0 Å². The van der Waals surface area contributed by atoms with Crippen molar-refractivity contribution in [3.05, 3.63) is 74.8 Å². The van der Waals surface area contributed by atoms with Crippen LogP contribution in [0.2, 0.25) is 0 Å². The number of morpholine rings is 1. The van der Waals surface area contributed by atoms with Gasteiger partial charge in [-0.25, -0.2) is 0 Å². The Morgan fingerprint density at radius 2 is 1.89 bits per heavy atom. The zero-order valence-corrected chi connectivity index (χ0v) is 15.3. The lowest BCUT2D eigenvalue weighted by Gasteiger charge is -2.26. The first-order valence-corrected chi connectivity index (χ1v) is 8.94. The number of nitrogens with one attached hydrogen (secondary N) is 1. The van der Waals surface area contributed by atoms with Gasteiger partial charge in [0.1, 0.15) is 5.56 Å². The van der Waals surface area contributed by atoms with E-state index in [4.69, 9.17) is 4.74 Å². The summed E-state index contributed by atoms with van der Waals surface area (Å²) in [6, 6.07) is 12.8. The van der Waals surface area contributed by atoms with E-state index in [2.05, 4.69) is 22.3 Å². The van der Waals surface area contributed by atoms with Crippen LogP contribution in [0, 0.1) is 17.0 Å². The van der Waals surface area contributed by atoms with Crippen LogP contribution in [0.15, 0.2) is 42.5 Å². The van der Waals surface area contributed by atoms with Gasteiger partial charge in [0.15, 0.2) is 0 Å². The molecule has 0 radical (unpaired) electrons. The summed E-state index contributed by atoms with van der Waals surface area (Å²) >= 11 is 0. The molecule has 3 rings (SSSR count). The van der Waals surface area contributed by atoms with Crippen molar-refractivity contribution >= 4 is 11.6 Å². The molecule has 2 aromatic rings. The highest BCUT2D eigenvalue weighted by Crippen LogP contribution is 2.23. The monoisotopic (exact) mass is 369 g/mol. The van der Waals surface area contributed by atoms with E-state index in [1.165, 1.54) is 11.6 Å². The molecule has 0 aliphatic carbocycles. The maximum atomic E-state index is 12.5. The van der Waals surface area contributed by atoms with Crippen LogP contribution in [-0.2, 0) is 17.8 Å². The predicted molar refractivity (Wildman–Crippen MR) is 102 cm³/mol. The van der Waals surface area contributed by atoms with Gasteiger partial charge in [0, 0.05) is 31.7 Å². The maximum absolute atomic E-state index is 12.5. The molecule has 142 valence electrons. The van der Waals surface area contributed by atoms with Crippen LogP contribution in [0.5, 0.6) is 0 Å². The van der Waals surface area contributed by atoms with Crippen molar-refractivity contribution in [2.24, 2.45) is 0 Å². The van der Waals surface area contributed by atoms with Crippen molar-refractivity contribution in [1.82, 2.24) is 10.2 Å². The summed E-state index contributed by atoms with van der Waals surface area (Å²) in [5.41, 5.74) is 2.55. The lowest BCUT2D eigenvalue weighted by Crippen LogP contribution is -2.35. The molecule has 1 heterocycles. The topological polar surface area (TPSA) is 84.7 Å². The number of carbonyl (C=O) groups is 1. The molecule has 1 N–H and O–H groups in total. The van der Waals surface area contributed by atoms with Crippen LogP contribution in [-0.4, -0.2) is 42.0 Å². The van der Waals surface area contributed by atoms with Crippen LogP contribution in [0.3, 0.4) is 0 Å². The van der Waals surface area contributed by atoms with Crippen LogP contribution >= 0.6 is 0 Å². The molecule has 0 atom stereocenters. The highest BCUT2D eigenvalue weighted by atomic mass is 16.6. The fourth-order valence-corrected chi connectivity index (χ4v) is 3.22. The molecule has 1 saturated heterocycles. The number of carbonyl (C=O) groups excluding carboxylic acids is 1. The first-order valence-electron chi connectivity index (χ1n) is 8.94. The number of rotatable bonds is 6. The Morgan fingerprint density at radius 1 is 1.19 bits per heavy atom. The summed E-state index contributed by atoms with van der Waals surface area (Å²) in [6.45, 7) is 6.13. The number of nitro benzene ring substituents is 1. The molecule has 27 heavy (non-hydrogen) atoms. The molecular formula is C20H23N3O4. The fourth-order valence-electron chi connectivity index (χ4n) is 3.22. The van der Waals surface area contributed by atoms with Crippen molar-refractivity contribution < 1.29 is 14.5 Å². The minimum Gasteiger partial charge on any atom is -0.379 e. The molecule has 0 saturated carbocycles. The minimum atomic E-state index is -0.507. The van der Waals surface area contributed by atoms with E-state index in [9.17, 15) is 14.9 Å². The van der Waals surface area contributed by atoms with Crippen LogP contribution in [0.1, 0.15) is 27.0 Å². The largest absolute Gasteiger partial charge is 0.379 e. The smallest absolute Gasteiger partial charge is 0.285 e. The van der Waals surface area contributed by atoms with Crippen molar-refractivity contribution in [3.8, 4) is 0 Å². The molecule has 0 spiro atoms. The van der Waals surface area contributed by atoms with Gasteiger partial charge in [-0.3, -0.25) is 19.8 Å². The molecule has 0 unspecified atom stereocenters. The second-order valence-electron chi connectivity index (χ2n) is 6.62. The van der Waals surface area contributed by atoms with Gasteiger partial charge in [0.2, 0.25) is 0 Å². The van der Waals surface area contributed by atoms with Gasteiger partial charge in [-0.1, -0.05) is 36.4 Å². The Morgan fingerprint density at radius 3 is 2.63 bits per heavy atom. The van der Waals surface area contributed by atoms with Gasteiger partial charge in [0.25, 0.3) is 11.6 Å². The van der Waals surface area contributed by atoms with Crippen LogP contribution < -0.4 is 5.32 Å². The third-order valence-electron chi connectivity index (χ3n) is 4.62. The zero-order chi connectivity index (χ0) is 19.2. The molecule has 7 nitrogen and oxygen atoms in total. The van der Waals surface area contributed by atoms with E-state index in [-0.39, 0.29) is 11.3 Å². The first kappa shape index (κ1) is 19.0. The van der Waals surface area contributed by atoms with Gasteiger partial charge in [0.05, 0.1) is 18.1 Å². The third kappa shape index (κ3) is 4.90. The summed E-state index contributed by atoms with van der Waals surface area (Å²) in [5, 5.41) is 14.1. The zero-order valence-electron chi connectivity index (χ0n) is 15.3. The SMILES string of the molecule is Cc1cccc(C(=O)NCc2cccc(CN3CCOCC3)c2)c1[N+](=O)[O-]. The van der Waals surface area contributed by atoms with E-state index in [1.807, 2.05) is 12.1 Å². The molecule has 0 bridgehead atoms. The number of nitro groups is 1. The van der Waals surface area contributed by atoms with Gasteiger partial charge < -0.3 is 10.1 Å². The normalized spacial score (nSPS) is 14.7. The quantitative estimate of drug-likeness (QED) is 0.625. The van der Waals surface area contributed by atoms with E-state index in [1.54, 1.807) is 19.1 Å². The average Bonchev–Trinajstić information content (AvgIpc) is 2.66. The number of amides is 1. The van der Waals surface area contributed by atoms with Crippen LogP contribution in [0.4, 0.5) is 5.69 Å². The molecule has 1 fully saturated rings. The Balaban J connectivity index is 1.65. The maximum Gasteiger partial charge on any atom is 0.285 e. The summed E-state index contributed by atoms with van der Waals surface area (Å²) in [6.07, 6.45) is 0. The number of ether oxygens (including phenoxy) is 1. The van der Waals surface area contributed by atoms with Gasteiger partial charge in [-0.15, -0.1) is 0 Å². The lowest BCUT2D eigenvalue weighted by molar-refractivity contribution is -0.385. The Labute approximate surface area is 158 Å². The molecular weight excluding hydrogens is 346 g/mol. The van der Waals surface area contributed by atoms with E-state index in [0.29, 0.717) is 12.1 Å². The summed E-state index contributed by atoms with van der Waals surface area (Å²) < 4.78 is 5.37. The van der Waals surface area contributed by atoms with E-state index in [0.717, 1.165) is 38.4 Å². The van der Waals surface area contributed by atoms with Crippen molar-refractivity contribution in [2.45, 2.75) is 20.0 Å². The van der Waals surface area contributed by atoms with Gasteiger partial charge in [-0.05, 0) is 24.1 Å². The molecule has 1 aliphatic heterocycles. The number of benzene rings is 2. The summed E-state index contributed by atoms with van der Waals surface area (Å²) in [4.78, 5) is 25.6. The van der Waals surface area contributed by atoms with Crippen LogP contribution in [0.25, 0.3) is 0 Å². The number of hydrogen-bond acceptors (Lipinski definition) is 5. The molecule has 0 aromatic heterocycles. The number of para-hydroxylation sites is 1. The third-order valence-corrected chi connectivity index (χ3v) is 4.62. The second kappa shape index (κ2) is 8.75. The number of aryl methyl sites for hydroxylation is 1. The first-order chi connectivity index (χ1) is 13.0. The minimum absolute atomic E-state index is 0.0875. The van der Waals surface area contributed by atoms with E-state index >= 15 is 0 Å². The highest BCUT2D eigenvalue weighted by molar-refractivity contribution is 5.98. The molecule has 1 aliphatic rings. The molecule has 2 aromatic carbocycles. The summed E-state index contributed by atoms with van der Waals surface area (Å²) in [5.74, 6) is -0.441. The van der Waals surface area contributed by atoms with Gasteiger partial charge >= 0.3 is 0 Å². The van der Waals surface area contributed by atoms with Gasteiger partial charge in [-0.2, -0.15) is 0 Å². The lowest BCUT2D eigenvalue weighted by atomic mass is 10.1. The molecule has 7 heteroatoms. The number of hydrogen-bond donors (Lipinski definition) is 1. The second-order valence-corrected chi connectivity index (χ2v) is 6.62. The van der Waals surface area contributed by atoms with Crippen molar-refractivity contribution in [2.75, 3.05) is 26.3 Å². The predicted octanol–water partition coefficient (Wildman–Crippen LogP) is 2.67. The Kier molecular flexibility index (Phi) is 6.16. The Hall–Kier alpha value is -2.77. The standard InChI is InChI=1S/C20H23N3O4/c1-15-4-2-7-18(19(15)23(25)26)20(24)21-13-16-5-3-6-17(12-16)14-22-8-10-27-11-9-22/h2-7,12H,8-11,13-14H2,1H3,(H,21,24). The highest BCUT2D eigenvalue weighted by Gasteiger charge is 2.22. The fraction of sp³-hybridized carbons (Fsp3) is 0.350. The van der Waals surface area contributed by atoms with Crippen molar-refractivity contribution in [1.29, 1.82) is 0 Å². The molecule has 1 amide bonds. The Bertz CT molecular complexity index is 832. The average molecular weight is 369 g/mol. The summed E-state index contributed by atoms with van der Waals surface area (Å²) in [7, 11) is 0. The van der Waals surface area contributed by atoms with E-state index < -0.39 is 10.8 Å². The number of nitrogens with zero attached hydrogens (tertiary/aromatic N) is 2.